The molecule has 0 atom stereocenters. The second-order valence-corrected chi connectivity index (χ2v) is 6.40. The summed E-state index contributed by atoms with van der Waals surface area (Å²) in [7, 11) is 1.67. The maximum absolute atomic E-state index is 6.24. The summed E-state index contributed by atoms with van der Waals surface area (Å²) in [6.07, 6.45) is 4.36. The molecular weight excluding hydrogens is 312 g/mol. The molecule has 0 saturated carbocycles. The van der Waals surface area contributed by atoms with Gasteiger partial charge in [-0.15, -0.1) is 0 Å². The van der Waals surface area contributed by atoms with Crippen LogP contribution in [0.25, 0.3) is 10.9 Å². The monoisotopic (exact) mass is 334 g/mol. The van der Waals surface area contributed by atoms with Gasteiger partial charge < -0.3 is 9.47 Å². The molecule has 0 N–H and O–H groups in total. The van der Waals surface area contributed by atoms with Crippen LogP contribution in [0.3, 0.4) is 0 Å². The number of fused-ring (bicyclic) bond motifs is 1. The molecule has 4 nitrogen and oxygen atoms in total. The molecule has 0 radical (unpaired) electrons. The molecule has 3 aromatic rings. The fraction of sp³-hybridized carbons (Fsp3) is 0.286. The van der Waals surface area contributed by atoms with Crippen LogP contribution in [0, 0.1) is 0 Å². The topological polar surface area (TPSA) is 34.6 Å². The van der Waals surface area contributed by atoms with E-state index in [-0.39, 0.29) is 0 Å². The predicted octanol–water partition coefficient (Wildman–Crippen LogP) is 4.63. The normalized spacial score (nSPS) is 14.8. The number of nitrogens with zero attached hydrogens (tertiary/aromatic N) is 2. The van der Waals surface area contributed by atoms with Crippen LogP contribution in [0.1, 0.15) is 18.4 Å². The molecular formula is C21H22N2O2. The molecule has 4 heteroatoms. The summed E-state index contributed by atoms with van der Waals surface area (Å²) < 4.78 is 11.7. The Kier molecular flexibility index (Phi) is 4.53. The Morgan fingerprint density at radius 2 is 1.80 bits per heavy atom. The van der Waals surface area contributed by atoms with Crippen molar-refractivity contribution in [3.63, 3.8) is 0 Å². The first-order valence-electron chi connectivity index (χ1n) is 8.74. The van der Waals surface area contributed by atoms with E-state index in [9.17, 15) is 0 Å². The van der Waals surface area contributed by atoms with E-state index in [4.69, 9.17) is 9.47 Å². The summed E-state index contributed by atoms with van der Waals surface area (Å²) in [6.45, 7) is 3.31. The van der Waals surface area contributed by atoms with Crippen LogP contribution in [0.15, 0.2) is 54.7 Å². The fourth-order valence-corrected chi connectivity index (χ4v) is 3.38. The van der Waals surface area contributed by atoms with E-state index >= 15 is 0 Å². The van der Waals surface area contributed by atoms with Gasteiger partial charge in [-0.1, -0.05) is 18.2 Å². The highest BCUT2D eigenvalue weighted by Crippen LogP contribution is 2.35. The Bertz CT molecular complexity index is 867. The van der Waals surface area contributed by atoms with Gasteiger partial charge in [0.15, 0.2) is 11.5 Å². The van der Waals surface area contributed by atoms with Gasteiger partial charge >= 0.3 is 0 Å². The molecule has 0 spiro atoms. The summed E-state index contributed by atoms with van der Waals surface area (Å²) in [4.78, 5) is 6.87. The minimum Gasteiger partial charge on any atom is -0.493 e. The van der Waals surface area contributed by atoms with E-state index in [1.54, 1.807) is 13.3 Å². The molecule has 1 fully saturated rings. The fourth-order valence-electron chi connectivity index (χ4n) is 3.38. The molecule has 0 bridgehead atoms. The Morgan fingerprint density at radius 1 is 0.960 bits per heavy atom. The minimum absolute atomic E-state index is 0.742. The summed E-state index contributed by atoms with van der Waals surface area (Å²) in [5.74, 6) is 2.28. The molecule has 2 heterocycles. The second-order valence-electron chi connectivity index (χ2n) is 6.40. The number of rotatable bonds is 5. The summed E-state index contributed by atoms with van der Waals surface area (Å²) in [5.41, 5.74) is 2.17. The summed E-state index contributed by atoms with van der Waals surface area (Å²) >= 11 is 0. The zero-order chi connectivity index (χ0) is 17.1. The molecule has 128 valence electrons. The SMILES string of the molecule is COc1ccc(CN2CCCC2)cc1Oc1ccnc2ccccc12. The van der Waals surface area contributed by atoms with Gasteiger partial charge in [-0.2, -0.15) is 0 Å². The van der Waals surface area contributed by atoms with Crippen molar-refractivity contribution < 1.29 is 9.47 Å². The Labute approximate surface area is 148 Å². The van der Waals surface area contributed by atoms with Crippen molar-refractivity contribution in [2.45, 2.75) is 19.4 Å². The maximum Gasteiger partial charge on any atom is 0.169 e. The van der Waals surface area contributed by atoms with Crippen molar-refractivity contribution in [2.24, 2.45) is 0 Å². The number of aromatic nitrogens is 1. The first kappa shape index (κ1) is 15.9. The second kappa shape index (κ2) is 7.11. The third-order valence-corrected chi connectivity index (χ3v) is 4.66. The number of benzene rings is 2. The number of ether oxygens (including phenoxy) is 2. The van der Waals surface area contributed by atoms with Crippen LogP contribution in [0.2, 0.25) is 0 Å². The van der Waals surface area contributed by atoms with Crippen LogP contribution in [-0.2, 0) is 6.54 Å². The van der Waals surface area contributed by atoms with Crippen molar-refractivity contribution >= 4 is 10.9 Å². The van der Waals surface area contributed by atoms with E-state index in [0.717, 1.165) is 34.7 Å². The smallest absolute Gasteiger partial charge is 0.169 e. The number of para-hydroxylation sites is 1. The lowest BCUT2D eigenvalue weighted by Crippen LogP contribution is -2.18. The average molecular weight is 334 g/mol. The molecule has 1 saturated heterocycles. The van der Waals surface area contributed by atoms with Gasteiger partial charge in [0.25, 0.3) is 0 Å². The predicted molar refractivity (Wildman–Crippen MR) is 99.3 cm³/mol. The lowest BCUT2D eigenvalue weighted by Gasteiger charge is -2.17. The van der Waals surface area contributed by atoms with Gasteiger partial charge in [0.1, 0.15) is 5.75 Å². The van der Waals surface area contributed by atoms with Gasteiger partial charge in [-0.05, 0) is 61.8 Å². The van der Waals surface area contributed by atoms with E-state index in [1.165, 1.54) is 31.5 Å². The Hall–Kier alpha value is -2.59. The van der Waals surface area contributed by atoms with Crippen molar-refractivity contribution in [3.8, 4) is 17.2 Å². The van der Waals surface area contributed by atoms with E-state index in [0.29, 0.717) is 0 Å². The van der Waals surface area contributed by atoms with Crippen LogP contribution in [-0.4, -0.2) is 30.1 Å². The third-order valence-electron chi connectivity index (χ3n) is 4.66. The van der Waals surface area contributed by atoms with Gasteiger partial charge in [-0.25, -0.2) is 0 Å². The molecule has 0 amide bonds. The largest absolute Gasteiger partial charge is 0.493 e. The quantitative estimate of drug-likeness (QED) is 0.681. The van der Waals surface area contributed by atoms with Crippen LogP contribution in [0.4, 0.5) is 0 Å². The van der Waals surface area contributed by atoms with Gasteiger partial charge in [-0.3, -0.25) is 9.88 Å². The average Bonchev–Trinajstić information content (AvgIpc) is 3.15. The minimum atomic E-state index is 0.742. The number of hydrogen-bond donors (Lipinski definition) is 0. The maximum atomic E-state index is 6.24. The number of likely N-dealkylation sites (tertiary alicyclic amines) is 1. The standard InChI is InChI=1S/C21H22N2O2/c1-24-20-9-8-16(15-23-12-4-5-13-23)14-21(20)25-19-10-11-22-18-7-3-2-6-17(18)19/h2-3,6-11,14H,4-5,12-13,15H2,1H3. The number of hydrogen-bond acceptors (Lipinski definition) is 4. The summed E-state index contributed by atoms with van der Waals surface area (Å²) in [6, 6.07) is 16.1. The van der Waals surface area contributed by atoms with Gasteiger partial charge in [0.05, 0.1) is 12.6 Å². The molecule has 0 unspecified atom stereocenters. The van der Waals surface area contributed by atoms with Crippen LogP contribution < -0.4 is 9.47 Å². The molecule has 0 aliphatic carbocycles. The molecule has 2 aromatic carbocycles. The van der Waals surface area contributed by atoms with Gasteiger partial charge in [0.2, 0.25) is 0 Å². The number of methoxy groups -OCH3 is 1. The highest BCUT2D eigenvalue weighted by atomic mass is 16.5. The van der Waals surface area contributed by atoms with Crippen molar-refractivity contribution in [1.29, 1.82) is 0 Å². The summed E-state index contributed by atoms with van der Waals surface area (Å²) in [5, 5.41) is 0.997. The third kappa shape index (κ3) is 3.44. The first-order valence-corrected chi connectivity index (χ1v) is 8.74. The van der Waals surface area contributed by atoms with Crippen molar-refractivity contribution in [3.05, 3.63) is 60.3 Å². The van der Waals surface area contributed by atoms with Gasteiger partial charge in [0, 0.05) is 18.1 Å². The highest BCUT2D eigenvalue weighted by Gasteiger charge is 2.14. The molecule has 1 aliphatic rings. The highest BCUT2D eigenvalue weighted by molar-refractivity contribution is 5.85. The number of pyridine rings is 1. The van der Waals surface area contributed by atoms with E-state index in [1.807, 2.05) is 36.4 Å². The zero-order valence-corrected chi connectivity index (χ0v) is 14.4. The van der Waals surface area contributed by atoms with E-state index in [2.05, 4.69) is 22.0 Å². The Balaban J connectivity index is 1.65. The first-order chi connectivity index (χ1) is 12.3. The van der Waals surface area contributed by atoms with Crippen LogP contribution in [0.5, 0.6) is 17.2 Å². The lowest BCUT2D eigenvalue weighted by molar-refractivity contribution is 0.329. The van der Waals surface area contributed by atoms with E-state index < -0.39 is 0 Å². The Morgan fingerprint density at radius 3 is 2.64 bits per heavy atom. The van der Waals surface area contributed by atoms with Crippen molar-refractivity contribution in [1.82, 2.24) is 9.88 Å². The van der Waals surface area contributed by atoms with Crippen molar-refractivity contribution in [2.75, 3.05) is 20.2 Å². The van der Waals surface area contributed by atoms with Crippen LogP contribution >= 0.6 is 0 Å². The molecule has 1 aliphatic heterocycles. The zero-order valence-electron chi connectivity index (χ0n) is 14.4. The molecule has 1 aromatic heterocycles. The molecule has 4 rings (SSSR count). The molecule has 25 heavy (non-hydrogen) atoms. The lowest BCUT2D eigenvalue weighted by atomic mass is 10.1.